The molecule has 0 radical (unpaired) electrons. The van der Waals surface area contributed by atoms with Crippen LogP contribution in [0.3, 0.4) is 0 Å². The Kier molecular flexibility index (Phi) is 5.05. The van der Waals surface area contributed by atoms with Crippen molar-refractivity contribution in [1.82, 2.24) is 4.90 Å². The summed E-state index contributed by atoms with van der Waals surface area (Å²) in [6.07, 6.45) is 0.495. The van der Waals surface area contributed by atoms with Crippen LogP contribution < -0.4 is 0 Å². The molecule has 22 heavy (non-hydrogen) atoms. The maximum absolute atomic E-state index is 12.3. The minimum Gasteiger partial charge on any atom is -0.444 e. The third-order valence-corrected chi connectivity index (χ3v) is 3.61. The van der Waals surface area contributed by atoms with Gasteiger partial charge in [-0.25, -0.2) is 4.79 Å². The van der Waals surface area contributed by atoms with E-state index >= 15 is 0 Å². The van der Waals surface area contributed by atoms with Gasteiger partial charge >= 0.3 is 21.7 Å². The largest absolute Gasteiger partial charge is 0.534 e. The van der Waals surface area contributed by atoms with Crippen molar-refractivity contribution in [3.8, 4) is 0 Å². The second-order valence-corrected chi connectivity index (χ2v) is 7.41. The first-order valence-electron chi connectivity index (χ1n) is 6.41. The van der Waals surface area contributed by atoms with E-state index in [4.69, 9.17) is 4.74 Å². The number of carbonyl (C=O) groups is 1. The van der Waals surface area contributed by atoms with E-state index in [-0.39, 0.29) is 18.8 Å². The van der Waals surface area contributed by atoms with E-state index in [1.807, 2.05) is 0 Å². The number of alkyl halides is 3. The Labute approximate surface area is 127 Å². The van der Waals surface area contributed by atoms with Gasteiger partial charge in [0, 0.05) is 19.0 Å². The lowest BCUT2D eigenvalue weighted by molar-refractivity contribution is -0.0530. The van der Waals surface area contributed by atoms with Crippen LogP contribution in [0.4, 0.5) is 18.0 Å². The van der Waals surface area contributed by atoms with E-state index in [1.165, 1.54) is 11.8 Å². The van der Waals surface area contributed by atoms with Crippen LogP contribution >= 0.6 is 0 Å². The third kappa shape index (κ3) is 4.79. The molecule has 1 rings (SSSR count). The Morgan fingerprint density at radius 1 is 1.32 bits per heavy atom. The molecule has 0 aromatic carbocycles. The molecule has 0 unspecified atom stereocenters. The Balaban J connectivity index is 2.79. The number of carbonyl (C=O) groups excluding carboxylic acids is 1. The number of amides is 1. The van der Waals surface area contributed by atoms with Gasteiger partial charge in [-0.2, -0.15) is 21.6 Å². The number of ether oxygens (including phenoxy) is 1. The fraction of sp³-hybridized carbons (Fsp3) is 0.750. The minimum absolute atomic E-state index is 0.00583. The highest BCUT2D eigenvalue weighted by atomic mass is 32.2. The van der Waals surface area contributed by atoms with E-state index in [0.717, 1.165) is 6.08 Å². The molecule has 1 atom stereocenters. The summed E-state index contributed by atoms with van der Waals surface area (Å²) < 4.78 is 68.0. The van der Waals surface area contributed by atoms with Crippen molar-refractivity contribution in [2.24, 2.45) is 5.92 Å². The summed E-state index contributed by atoms with van der Waals surface area (Å²) in [6, 6.07) is 0. The van der Waals surface area contributed by atoms with E-state index in [0.29, 0.717) is 0 Å². The fourth-order valence-corrected chi connectivity index (χ4v) is 2.24. The first kappa shape index (κ1) is 18.6. The van der Waals surface area contributed by atoms with Gasteiger partial charge in [0.2, 0.25) is 0 Å². The highest BCUT2D eigenvalue weighted by Crippen LogP contribution is 2.30. The molecule has 0 saturated carbocycles. The van der Waals surface area contributed by atoms with Gasteiger partial charge in [-0.3, -0.25) is 0 Å². The van der Waals surface area contributed by atoms with Gasteiger partial charge in [-0.1, -0.05) is 6.92 Å². The van der Waals surface area contributed by atoms with Gasteiger partial charge in [0.15, 0.2) is 0 Å². The summed E-state index contributed by atoms with van der Waals surface area (Å²) in [5.41, 5.74) is -6.20. The van der Waals surface area contributed by atoms with Crippen LogP contribution in [0.1, 0.15) is 27.7 Å². The lowest BCUT2D eigenvalue weighted by Gasteiger charge is -2.32. The Hall–Kier alpha value is -1.45. The van der Waals surface area contributed by atoms with Crippen molar-refractivity contribution in [1.29, 1.82) is 0 Å². The highest BCUT2D eigenvalue weighted by Gasteiger charge is 2.49. The molecule has 6 nitrogen and oxygen atoms in total. The molecular weight excluding hydrogens is 327 g/mol. The summed E-state index contributed by atoms with van der Waals surface area (Å²) in [4.78, 5) is 13.1. The van der Waals surface area contributed by atoms with Crippen molar-refractivity contribution >= 4 is 16.2 Å². The zero-order chi connectivity index (χ0) is 17.3. The first-order chi connectivity index (χ1) is 9.73. The van der Waals surface area contributed by atoms with Gasteiger partial charge in [-0.15, -0.1) is 0 Å². The molecule has 128 valence electrons. The van der Waals surface area contributed by atoms with Gasteiger partial charge in [0.1, 0.15) is 11.4 Å². The molecule has 1 aliphatic heterocycles. The number of nitrogens with zero attached hydrogens (tertiary/aromatic N) is 1. The summed E-state index contributed by atoms with van der Waals surface area (Å²) in [6.45, 7) is 6.39. The molecule has 0 spiro atoms. The van der Waals surface area contributed by atoms with E-state index < -0.39 is 33.2 Å². The maximum atomic E-state index is 12.3. The number of rotatable bonds is 2. The third-order valence-electron chi connectivity index (χ3n) is 2.63. The Morgan fingerprint density at radius 2 is 1.86 bits per heavy atom. The maximum Gasteiger partial charge on any atom is 0.534 e. The van der Waals surface area contributed by atoms with Crippen molar-refractivity contribution in [3.63, 3.8) is 0 Å². The topological polar surface area (TPSA) is 72.9 Å². The van der Waals surface area contributed by atoms with E-state index in [9.17, 15) is 26.4 Å². The monoisotopic (exact) mass is 345 g/mol. The molecule has 1 amide bonds. The van der Waals surface area contributed by atoms with Crippen molar-refractivity contribution in [2.75, 3.05) is 13.1 Å². The highest BCUT2D eigenvalue weighted by molar-refractivity contribution is 7.87. The van der Waals surface area contributed by atoms with Gasteiger partial charge < -0.3 is 13.8 Å². The van der Waals surface area contributed by atoms with Gasteiger partial charge in [0.25, 0.3) is 0 Å². The summed E-state index contributed by atoms with van der Waals surface area (Å²) >= 11 is 0. The van der Waals surface area contributed by atoms with E-state index in [1.54, 1.807) is 20.8 Å². The van der Waals surface area contributed by atoms with Crippen LogP contribution in [-0.4, -0.2) is 43.6 Å². The molecule has 0 aliphatic carbocycles. The fourth-order valence-electron chi connectivity index (χ4n) is 1.66. The Bertz CT molecular complexity index is 562. The number of hydrogen-bond acceptors (Lipinski definition) is 5. The SMILES string of the molecule is C[C@H]1CN(C(=O)OC(C)(C)C)CC=C1OS(=O)(=O)C(F)(F)F. The predicted molar refractivity (Wildman–Crippen MR) is 71.1 cm³/mol. The minimum atomic E-state index is -5.70. The van der Waals surface area contributed by atoms with Gasteiger partial charge in [-0.05, 0) is 26.8 Å². The van der Waals surface area contributed by atoms with Gasteiger partial charge in [0.05, 0.1) is 0 Å². The molecular formula is C12H18F3NO5S. The summed E-state index contributed by atoms with van der Waals surface area (Å²) in [5, 5.41) is 0. The predicted octanol–water partition coefficient (Wildman–Crippen LogP) is 2.62. The number of halogens is 3. The summed E-state index contributed by atoms with van der Waals surface area (Å²) in [7, 11) is -5.70. The average molecular weight is 345 g/mol. The zero-order valence-electron chi connectivity index (χ0n) is 12.6. The van der Waals surface area contributed by atoms with Crippen LogP contribution in [0.2, 0.25) is 0 Å². The number of hydrogen-bond donors (Lipinski definition) is 0. The Morgan fingerprint density at radius 3 is 2.27 bits per heavy atom. The molecule has 0 aromatic rings. The van der Waals surface area contributed by atoms with Crippen LogP contribution in [0.5, 0.6) is 0 Å². The molecule has 0 bridgehead atoms. The molecule has 0 fully saturated rings. The second-order valence-electron chi connectivity index (χ2n) is 5.88. The van der Waals surface area contributed by atoms with Crippen LogP contribution in [0, 0.1) is 5.92 Å². The molecule has 1 aliphatic rings. The smallest absolute Gasteiger partial charge is 0.444 e. The molecule has 0 saturated heterocycles. The van der Waals surface area contributed by atoms with Crippen molar-refractivity contribution in [3.05, 3.63) is 11.8 Å². The lowest BCUT2D eigenvalue weighted by atomic mass is 10.1. The lowest BCUT2D eigenvalue weighted by Crippen LogP contribution is -2.42. The normalized spacial score (nSPS) is 20.4. The first-order valence-corrected chi connectivity index (χ1v) is 7.82. The molecule has 0 aromatic heterocycles. The van der Waals surface area contributed by atoms with Crippen molar-refractivity contribution in [2.45, 2.75) is 38.8 Å². The van der Waals surface area contributed by atoms with Crippen LogP contribution in [0.25, 0.3) is 0 Å². The van der Waals surface area contributed by atoms with Crippen molar-refractivity contribution < 1.29 is 35.3 Å². The van der Waals surface area contributed by atoms with Crippen LogP contribution in [-0.2, 0) is 19.0 Å². The molecule has 0 N–H and O–H groups in total. The zero-order valence-corrected chi connectivity index (χ0v) is 13.4. The molecule has 10 heteroatoms. The van der Waals surface area contributed by atoms with Crippen LogP contribution in [0.15, 0.2) is 11.8 Å². The average Bonchev–Trinajstić information content (AvgIpc) is 2.27. The summed E-state index contributed by atoms with van der Waals surface area (Å²) in [5.74, 6) is -1.05. The quantitative estimate of drug-likeness (QED) is 0.568. The second kappa shape index (κ2) is 5.98. The van der Waals surface area contributed by atoms with E-state index in [2.05, 4.69) is 4.18 Å². The molecule has 1 heterocycles. The standard InChI is InChI=1S/C12H18F3NO5S/c1-8-7-16(10(17)20-11(2,3)4)6-5-9(8)21-22(18,19)12(13,14)15/h5,8H,6-7H2,1-4H3/t8-/m0/s1.